The molecule has 1 saturated carbocycles. The van der Waals surface area contributed by atoms with E-state index in [1.807, 2.05) is 72.7 Å². The molecule has 4 N–H and O–H groups in total. The molecule has 1 aromatic rings. The molecule has 264 valence electrons. The van der Waals surface area contributed by atoms with Gasteiger partial charge in [0.05, 0.1) is 12.6 Å². The highest BCUT2D eigenvalue weighted by Gasteiger charge is 2.70. The fourth-order valence-electron chi connectivity index (χ4n) is 6.35. The number of likely N-dealkylation sites (tertiary alicyclic amines) is 1. The molecule has 2 fully saturated rings. The number of ether oxygens (including phenoxy) is 1. The van der Waals surface area contributed by atoms with Crippen LogP contribution in [0, 0.1) is 29.6 Å². The van der Waals surface area contributed by atoms with Crippen LogP contribution >= 0.6 is 0 Å². The number of nitrogens with one attached hydrogen (secondary N) is 4. The first-order valence-electron chi connectivity index (χ1n) is 16.5. The van der Waals surface area contributed by atoms with E-state index in [-0.39, 0.29) is 29.7 Å². The normalized spacial score (nSPS) is 21.5. The van der Waals surface area contributed by atoms with Crippen molar-refractivity contribution in [1.82, 2.24) is 26.2 Å². The first-order valence-corrected chi connectivity index (χ1v) is 16.5. The van der Waals surface area contributed by atoms with Crippen molar-refractivity contribution >= 4 is 35.5 Å². The predicted octanol–water partition coefficient (Wildman–Crippen LogP) is 3.34. The van der Waals surface area contributed by atoms with Crippen LogP contribution in [0.4, 0.5) is 4.79 Å². The van der Waals surface area contributed by atoms with E-state index in [2.05, 4.69) is 27.8 Å². The Morgan fingerprint density at radius 1 is 1.00 bits per heavy atom. The third-order valence-electron chi connectivity index (χ3n) is 9.16. The molecule has 0 bridgehead atoms. The van der Waals surface area contributed by atoms with E-state index in [9.17, 15) is 28.8 Å². The van der Waals surface area contributed by atoms with Crippen molar-refractivity contribution in [3.63, 3.8) is 0 Å². The van der Waals surface area contributed by atoms with Crippen molar-refractivity contribution in [2.75, 3.05) is 13.1 Å². The number of rotatable bonds is 12. The molecule has 12 nitrogen and oxygen atoms in total. The summed E-state index contributed by atoms with van der Waals surface area (Å²) < 4.78 is 5.41. The molecule has 1 heterocycles. The SMILES string of the molecule is C=CCC(NC(=O)[C@@H]1C2C(CN1C(=O)[C@@H](NC(=O)OC(C)(C)C)C(C)(C)C)C2(C)C)C(=O)C(=O)NCC(=O)NC(C)c1ccc(C)cc1. The highest BCUT2D eigenvalue weighted by molar-refractivity contribution is 6.38. The zero-order valence-corrected chi connectivity index (χ0v) is 30.0. The summed E-state index contributed by atoms with van der Waals surface area (Å²) in [5, 5.41) is 10.5. The Balaban J connectivity index is 1.71. The van der Waals surface area contributed by atoms with Crippen molar-refractivity contribution in [2.24, 2.45) is 22.7 Å². The van der Waals surface area contributed by atoms with Gasteiger partial charge in [0.2, 0.25) is 23.5 Å². The van der Waals surface area contributed by atoms with E-state index < -0.39 is 71.2 Å². The molecule has 1 saturated heterocycles. The van der Waals surface area contributed by atoms with E-state index in [4.69, 9.17) is 4.74 Å². The summed E-state index contributed by atoms with van der Waals surface area (Å²) in [7, 11) is 0. The van der Waals surface area contributed by atoms with Crippen molar-refractivity contribution in [2.45, 2.75) is 105 Å². The summed E-state index contributed by atoms with van der Waals surface area (Å²) >= 11 is 0. The van der Waals surface area contributed by atoms with Gasteiger partial charge in [-0.2, -0.15) is 0 Å². The number of carbonyl (C=O) groups is 6. The van der Waals surface area contributed by atoms with Crippen molar-refractivity contribution < 1.29 is 33.5 Å². The van der Waals surface area contributed by atoms with Gasteiger partial charge in [-0.1, -0.05) is 70.5 Å². The molecular weight excluding hydrogens is 614 g/mol. The smallest absolute Gasteiger partial charge is 0.408 e. The lowest BCUT2D eigenvalue weighted by Crippen LogP contribution is -2.60. The Labute approximate surface area is 284 Å². The largest absolute Gasteiger partial charge is 0.444 e. The minimum atomic E-state index is -1.26. The Kier molecular flexibility index (Phi) is 11.5. The molecule has 3 rings (SSSR count). The van der Waals surface area contributed by atoms with Crippen LogP contribution in [0.3, 0.4) is 0 Å². The molecule has 0 spiro atoms. The molecule has 0 radical (unpaired) electrons. The lowest BCUT2D eigenvalue weighted by Gasteiger charge is -2.38. The number of aryl methyl sites for hydroxylation is 1. The number of fused-ring (bicyclic) bond motifs is 1. The number of benzene rings is 1. The molecule has 5 amide bonds. The number of piperidine rings is 1. The van der Waals surface area contributed by atoms with Crippen LogP contribution < -0.4 is 21.3 Å². The van der Waals surface area contributed by atoms with Crippen LogP contribution in [0.2, 0.25) is 0 Å². The van der Waals surface area contributed by atoms with Crippen LogP contribution in [-0.2, 0) is 28.7 Å². The molecule has 1 aliphatic heterocycles. The van der Waals surface area contributed by atoms with Gasteiger partial charge in [-0.15, -0.1) is 6.58 Å². The van der Waals surface area contributed by atoms with Crippen molar-refractivity contribution in [1.29, 1.82) is 0 Å². The van der Waals surface area contributed by atoms with E-state index in [1.165, 1.54) is 11.0 Å². The van der Waals surface area contributed by atoms with Crippen molar-refractivity contribution in [3.05, 3.63) is 48.0 Å². The van der Waals surface area contributed by atoms with Gasteiger partial charge in [0.15, 0.2) is 0 Å². The van der Waals surface area contributed by atoms with Gasteiger partial charge in [0.25, 0.3) is 5.91 Å². The second kappa shape index (κ2) is 14.5. The van der Waals surface area contributed by atoms with E-state index in [1.54, 1.807) is 20.8 Å². The molecule has 1 aromatic carbocycles. The third-order valence-corrected chi connectivity index (χ3v) is 9.16. The van der Waals surface area contributed by atoms with Gasteiger partial charge >= 0.3 is 6.09 Å². The maximum Gasteiger partial charge on any atom is 0.408 e. The van der Waals surface area contributed by atoms with E-state index in [0.717, 1.165) is 11.1 Å². The topological polar surface area (TPSA) is 163 Å². The molecule has 1 aliphatic carbocycles. The van der Waals surface area contributed by atoms with E-state index in [0.29, 0.717) is 6.54 Å². The first-order chi connectivity index (χ1) is 22.1. The zero-order valence-electron chi connectivity index (χ0n) is 30.0. The number of nitrogens with zero attached hydrogens (tertiary/aromatic N) is 1. The van der Waals surface area contributed by atoms with Gasteiger partial charge < -0.3 is 30.9 Å². The maximum absolute atomic E-state index is 14.1. The van der Waals surface area contributed by atoms with Crippen LogP contribution in [-0.4, -0.2) is 77.2 Å². The lowest BCUT2D eigenvalue weighted by molar-refractivity contribution is -0.145. The number of amides is 5. The van der Waals surface area contributed by atoms with Crippen LogP contribution in [0.15, 0.2) is 36.9 Å². The number of alkyl carbamates (subject to hydrolysis) is 1. The minimum absolute atomic E-state index is 0.0389. The van der Waals surface area contributed by atoms with Crippen molar-refractivity contribution in [3.8, 4) is 0 Å². The monoisotopic (exact) mass is 667 g/mol. The summed E-state index contributed by atoms with van der Waals surface area (Å²) in [4.78, 5) is 80.8. The fraction of sp³-hybridized carbons (Fsp3) is 0.611. The lowest BCUT2D eigenvalue weighted by atomic mass is 9.85. The van der Waals surface area contributed by atoms with Gasteiger partial charge in [-0.05, 0) is 69.3 Å². The van der Waals surface area contributed by atoms with Crippen LogP contribution in [0.1, 0.15) is 85.9 Å². The number of Topliss-reactive ketones (excluding diaryl/α,β-unsaturated/α-hetero) is 1. The van der Waals surface area contributed by atoms with Gasteiger partial charge in [0, 0.05) is 6.54 Å². The highest BCUT2D eigenvalue weighted by Crippen LogP contribution is 2.65. The average molecular weight is 668 g/mol. The van der Waals surface area contributed by atoms with Gasteiger partial charge in [-0.3, -0.25) is 24.0 Å². The van der Waals surface area contributed by atoms with Gasteiger partial charge in [0.1, 0.15) is 23.7 Å². The number of ketones is 1. The number of hydrogen-bond donors (Lipinski definition) is 4. The first kappa shape index (κ1) is 38.2. The molecule has 2 aliphatic rings. The average Bonchev–Trinajstić information content (AvgIpc) is 3.28. The number of hydrogen-bond acceptors (Lipinski definition) is 7. The fourth-order valence-corrected chi connectivity index (χ4v) is 6.35. The molecule has 12 heteroatoms. The predicted molar refractivity (Wildman–Crippen MR) is 181 cm³/mol. The molecule has 48 heavy (non-hydrogen) atoms. The zero-order chi connectivity index (χ0) is 36.4. The Bertz CT molecular complexity index is 1420. The quantitative estimate of drug-likeness (QED) is 0.196. The summed E-state index contributed by atoms with van der Waals surface area (Å²) in [6.45, 7) is 21.9. The van der Waals surface area contributed by atoms with Gasteiger partial charge in [-0.25, -0.2) is 4.79 Å². The summed E-state index contributed by atoms with van der Waals surface area (Å²) in [6.07, 6.45) is 0.619. The Hall–Kier alpha value is -4.22. The second-order valence-corrected chi connectivity index (χ2v) is 15.7. The summed E-state index contributed by atoms with van der Waals surface area (Å²) in [5.74, 6) is -3.61. The third kappa shape index (κ3) is 9.23. The van der Waals surface area contributed by atoms with Crippen LogP contribution in [0.5, 0.6) is 0 Å². The summed E-state index contributed by atoms with van der Waals surface area (Å²) in [6, 6.07) is 4.15. The molecule has 6 atom stereocenters. The number of carbonyl (C=O) groups excluding carboxylic acids is 6. The maximum atomic E-state index is 14.1. The highest BCUT2D eigenvalue weighted by atomic mass is 16.6. The minimum Gasteiger partial charge on any atom is -0.444 e. The molecular formula is C36H53N5O7. The van der Waals surface area contributed by atoms with Crippen LogP contribution in [0.25, 0.3) is 0 Å². The molecule has 4 unspecified atom stereocenters. The standard InChI is InChI=1S/C36H53N5O7/c1-12-13-24(28(43)31(45)37-18-25(42)38-21(3)22-16-14-20(2)15-17-22)39-30(44)27-26-23(36(26,10)11)19-41(27)32(46)29(34(4,5)6)40-33(47)48-35(7,8)9/h12,14-17,21,23-24,26-27,29H,1,13,18-19H2,2-11H3,(H,37,45)(H,38,42)(H,39,44)(H,40,47)/t21?,23?,24?,26?,27-,29+/m0/s1. The summed E-state index contributed by atoms with van der Waals surface area (Å²) in [5.41, 5.74) is 0.245. The second-order valence-electron chi connectivity index (χ2n) is 15.7. The Morgan fingerprint density at radius 2 is 1.60 bits per heavy atom. The van der Waals surface area contributed by atoms with E-state index >= 15 is 0 Å². The molecule has 0 aromatic heterocycles. The Morgan fingerprint density at radius 3 is 2.15 bits per heavy atom.